The van der Waals surface area contributed by atoms with Crippen LogP contribution in [0.1, 0.15) is 12.0 Å². The van der Waals surface area contributed by atoms with Crippen molar-refractivity contribution in [1.29, 1.82) is 5.26 Å². The molecule has 2 heterocycles. The molecule has 1 aliphatic heterocycles. The van der Waals surface area contributed by atoms with Crippen LogP contribution in [0.2, 0.25) is 0 Å². The Morgan fingerprint density at radius 1 is 1.50 bits per heavy atom. The molecule has 22 heavy (non-hydrogen) atoms. The lowest BCUT2D eigenvalue weighted by Gasteiger charge is -2.13. The molecule has 0 saturated carbocycles. The van der Waals surface area contributed by atoms with Gasteiger partial charge in [0, 0.05) is 18.8 Å². The van der Waals surface area contributed by atoms with E-state index in [1.165, 1.54) is 23.1 Å². The normalized spacial score (nSPS) is 13.8. The van der Waals surface area contributed by atoms with Crippen LogP contribution in [0.5, 0.6) is 0 Å². The highest BCUT2D eigenvalue weighted by Crippen LogP contribution is 2.21. The fourth-order valence-corrected chi connectivity index (χ4v) is 3.34. The minimum atomic E-state index is -0.536. The number of thioether (sulfide) groups is 1. The molecule has 0 atom stereocenters. The van der Waals surface area contributed by atoms with Crippen molar-refractivity contribution in [3.8, 4) is 6.07 Å². The van der Waals surface area contributed by atoms with Crippen molar-refractivity contribution >= 4 is 45.2 Å². The first-order chi connectivity index (χ1) is 10.6. The molecular weight excluding hydrogens is 326 g/mol. The molecule has 2 rings (SSSR count). The van der Waals surface area contributed by atoms with Crippen molar-refractivity contribution in [2.24, 2.45) is 0 Å². The number of nitrogens with one attached hydrogen (secondary N) is 1. The highest BCUT2D eigenvalue weighted by molar-refractivity contribution is 8.13. The summed E-state index contributed by atoms with van der Waals surface area (Å²) in [7, 11) is 0. The first-order valence-corrected chi connectivity index (χ1v) is 8.31. The minimum absolute atomic E-state index is 0.0349. The Morgan fingerprint density at radius 3 is 3.00 bits per heavy atom. The highest BCUT2D eigenvalue weighted by atomic mass is 32.2. The van der Waals surface area contributed by atoms with E-state index in [9.17, 15) is 14.4 Å². The molecule has 0 spiro atoms. The number of esters is 1. The summed E-state index contributed by atoms with van der Waals surface area (Å²) in [5, 5.41) is 13.4. The predicted molar refractivity (Wildman–Crippen MR) is 82.7 cm³/mol. The molecule has 0 aliphatic carbocycles. The fourth-order valence-electron chi connectivity index (χ4n) is 1.73. The van der Waals surface area contributed by atoms with Crippen molar-refractivity contribution in [3.05, 3.63) is 17.0 Å². The van der Waals surface area contributed by atoms with E-state index in [0.29, 0.717) is 23.7 Å². The Labute approximate surface area is 135 Å². The summed E-state index contributed by atoms with van der Waals surface area (Å²) in [6.07, 6.45) is 0.0576. The minimum Gasteiger partial charge on any atom is -0.456 e. The van der Waals surface area contributed by atoms with Crippen LogP contribution in [-0.2, 0) is 14.3 Å². The molecule has 1 aromatic heterocycles. The summed E-state index contributed by atoms with van der Waals surface area (Å²) in [5.41, 5.74) is 0.370. The zero-order chi connectivity index (χ0) is 15.9. The number of carbonyl (C=O) groups is 3. The summed E-state index contributed by atoms with van der Waals surface area (Å²) in [6.45, 7) is 0.521. The Balaban J connectivity index is 1.68. The third-order valence-electron chi connectivity index (χ3n) is 2.83. The zero-order valence-electron chi connectivity index (χ0n) is 11.5. The van der Waals surface area contributed by atoms with Gasteiger partial charge in [0.05, 0.1) is 12.0 Å². The van der Waals surface area contributed by atoms with Gasteiger partial charge in [-0.25, -0.2) is 0 Å². The van der Waals surface area contributed by atoms with Gasteiger partial charge in [-0.15, -0.1) is 11.3 Å². The second kappa shape index (κ2) is 7.82. The van der Waals surface area contributed by atoms with Gasteiger partial charge >= 0.3 is 5.97 Å². The van der Waals surface area contributed by atoms with Gasteiger partial charge in [-0.3, -0.25) is 14.4 Å². The van der Waals surface area contributed by atoms with Crippen LogP contribution in [0.3, 0.4) is 0 Å². The maximum atomic E-state index is 11.6. The number of anilines is 1. The summed E-state index contributed by atoms with van der Waals surface area (Å²) < 4.78 is 4.85. The summed E-state index contributed by atoms with van der Waals surface area (Å²) in [5.74, 6) is -0.301. The number of rotatable bonds is 6. The largest absolute Gasteiger partial charge is 0.456 e. The number of hydrogen-bond donors (Lipinski definition) is 1. The summed E-state index contributed by atoms with van der Waals surface area (Å²) in [6, 6.07) is 3.54. The average Bonchev–Trinajstić information content (AvgIpc) is 3.11. The maximum Gasteiger partial charge on any atom is 0.308 e. The van der Waals surface area contributed by atoms with E-state index in [0.717, 1.165) is 5.75 Å². The lowest BCUT2D eigenvalue weighted by Crippen LogP contribution is -2.27. The van der Waals surface area contributed by atoms with Gasteiger partial charge in [-0.1, -0.05) is 11.8 Å². The molecule has 1 aliphatic rings. The number of thiophene rings is 1. The molecule has 2 amide bonds. The van der Waals surface area contributed by atoms with Crippen LogP contribution in [0.4, 0.5) is 9.80 Å². The number of amides is 2. The van der Waals surface area contributed by atoms with Gasteiger partial charge in [0.1, 0.15) is 11.1 Å². The van der Waals surface area contributed by atoms with E-state index < -0.39 is 18.5 Å². The molecule has 0 aromatic carbocycles. The van der Waals surface area contributed by atoms with Gasteiger partial charge in [-0.05, 0) is 11.4 Å². The van der Waals surface area contributed by atoms with Crippen molar-refractivity contribution < 1.29 is 19.1 Å². The van der Waals surface area contributed by atoms with Gasteiger partial charge in [0.25, 0.3) is 11.1 Å². The number of nitrogens with zero attached hydrogens (tertiary/aromatic N) is 2. The van der Waals surface area contributed by atoms with Crippen LogP contribution < -0.4 is 5.32 Å². The third-order valence-corrected chi connectivity index (χ3v) is 4.56. The molecule has 0 bridgehead atoms. The van der Waals surface area contributed by atoms with Crippen LogP contribution >= 0.6 is 23.1 Å². The summed E-state index contributed by atoms with van der Waals surface area (Å²) >= 11 is 2.45. The monoisotopic (exact) mass is 339 g/mol. The standard InChI is InChI=1S/C13H13N3O4S2/c14-7-9-2-5-21-12(9)15-10(17)8-20-11(18)1-3-16-4-6-22-13(16)19/h2,5H,1,3-4,6,8H2,(H,15,17). The second-order valence-electron chi connectivity index (χ2n) is 4.34. The van der Waals surface area contributed by atoms with Gasteiger partial charge in [0.2, 0.25) is 0 Å². The molecule has 116 valence electrons. The molecule has 0 radical (unpaired) electrons. The van der Waals surface area contributed by atoms with Crippen LogP contribution in [0, 0.1) is 11.3 Å². The highest BCUT2D eigenvalue weighted by Gasteiger charge is 2.21. The zero-order valence-corrected chi connectivity index (χ0v) is 13.2. The second-order valence-corrected chi connectivity index (χ2v) is 6.30. The topological polar surface area (TPSA) is 99.5 Å². The van der Waals surface area contributed by atoms with Crippen molar-refractivity contribution in [3.63, 3.8) is 0 Å². The molecule has 7 nitrogen and oxygen atoms in total. The smallest absolute Gasteiger partial charge is 0.308 e. The molecule has 0 unspecified atom stereocenters. The van der Waals surface area contributed by atoms with Crippen LogP contribution in [0.25, 0.3) is 0 Å². The Morgan fingerprint density at radius 2 is 2.32 bits per heavy atom. The molecule has 9 heteroatoms. The van der Waals surface area contributed by atoms with Gasteiger partial charge < -0.3 is 15.0 Å². The van der Waals surface area contributed by atoms with E-state index in [1.54, 1.807) is 16.3 Å². The van der Waals surface area contributed by atoms with Gasteiger partial charge in [0.15, 0.2) is 6.61 Å². The predicted octanol–water partition coefficient (Wildman–Crippen LogP) is 1.66. The SMILES string of the molecule is N#Cc1ccsc1NC(=O)COC(=O)CCN1CCSC1=O. The lowest BCUT2D eigenvalue weighted by molar-refractivity contribution is -0.147. The van der Waals surface area contributed by atoms with Crippen LogP contribution in [0.15, 0.2) is 11.4 Å². The Bertz CT molecular complexity index is 623. The van der Waals surface area contributed by atoms with Crippen LogP contribution in [-0.4, -0.2) is 47.5 Å². The Hall–Kier alpha value is -2.05. The molecular formula is C13H13N3O4S2. The molecule has 1 N–H and O–H groups in total. The summed E-state index contributed by atoms with van der Waals surface area (Å²) in [4.78, 5) is 36.1. The Kier molecular flexibility index (Phi) is 5.80. The van der Waals surface area contributed by atoms with E-state index in [2.05, 4.69) is 5.32 Å². The average molecular weight is 339 g/mol. The number of carbonyl (C=O) groups excluding carboxylic acids is 3. The lowest BCUT2D eigenvalue weighted by atomic mass is 10.3. The van der Waals surface area contributed by atoms with Crippen molar-refractivity contribution in [2.75, 3.05) is 30.8 Å². The first-order valence-electron chi connectivity index (χ1n) is 6.45. The number of ether oxygens (including phenoxy) is 1. The van der Waals surface area contributed by atoms with E-state index >= 15 is 0 Å². The third kappa shape index (κ3) is 4.47. The molecule has 1 saturated heterocycles. The number of nitriles is 1. The maximum absolute atomic E-state index is 11.6. The molecule has 1 fully saturated rings. The van der Waals surface area contributed by atoms with E-state index in [4.69, 9.17) is 10.00 Å². The van der Waals surface area contributed by atoms with E-state index in [-0.39, 0.29) is 11.7 Å². The first kappa shape index (κ1) is 16.3. The van der Waals surface area contributed by atoms with Crippen molar-refractivity contribution in [1.82, 2.24) is 4.90 Å². The van der Waals surface area contributed by atoms with Gasteiger partial charge in [-0.2, -0.15) is 5.26 Å². The molecule has 1 aromatic rings. The quantitative estimate of drug-likeness (QED) is 0.791. The van der Waals surface area contributed by atoms with Crippen molar-refractivity contribution in [2.45, 2.75) is 6.42 Å². The number of hydrogen-bond acceptors (Lipinski definition) is 7. The van der Waals surface area contributed by atoms with E-state index in [1.807, 2.05) is 6.07 Å². The fraction of sp³-hybridized carbons (Fsp3) is 0.385.